The van der Waals surface area contributed by atoms with Crippen LogP contribution in [0.1, 0.15) is 29.2 Å². The minimum absolute atomic E-state index is 0.0918. The van der Waals surface area contributed by atoms with Gasteiger partial charge in [-0.05, 0) is 31.4 Å². The highest BCUT2D eigenvalue weighted by atomic mass is 16.5. The van der Waals surface area contributed by atoms with E-state index in [1.165, 1.54) is 16.7 Å². The molecular weight excluding hydrogens is 212 g/mol. The van der Waals surface area contributed by atoms with E-state index in [9.17, 15) is 0 Å². The molecule has 1 fully saturated rings. The summed E-state index contributed by atoms with van der Waals surface area (Å²) in [4.78, 5) is 0. The molecule has 2 rings (SSSR count). The van der Waals surface area contributed by atoms with Gasteiger partial charge in [0.15, 0.2) is 0 Å². The lowest BCUT2D eigenvalue weighted by Gasteiger charge is -2.27. The molecule has 0 radical (unpaired) electrons. The molecule has 1 saturated heterocycles. The molecule has 1 aromatic rings. The number of benzene rings is 1. The van der Waals surface area contributed by atoms with Crippen molar-refractivity contribution in [1.29, 1.82) is 0 Å². The number of hydrogen-bond donors (Lipinski definition) is 2. The summed E-state index contributed by atoms with van der Waals surface area (Å²) in [6.07, 6.45) is 0.935. The molecule has 0 amide bonds. The predicted octanol–water partition coefficient (Wildman–Crippen LogP) is 1.68. The number of rotatable bonds is 3. The standard InChI is InChI=1S/C14H22N2O/c1-10-3-4-11(2)13(7-10)14(15)8-12-9-17-6-5-16-12/h3-4,7,12,14,16H,5-6,8-9,15H2,1-2H3. The van der Waals surface area contributed by atoms with Crippen molar-refractivity contribution < 1.29 is 4.74 Å². The molecule has 3 N–H and O–H groups in total. The highest BCUT2D eigenvalue weighted by molar-refractivity contribution is 5.32. The zero-order valence-corrected chi connectivity index (χ0v) is 10.7. The number of ether oxygens (including phenoxy) is 1. The van der Waals surface area contributed by atoms with Crippen molar-refractivity contribution in [2.24, 2.45) is 5.73 Å². The quantitative estimate of drug-likeness (QED) is 0.836. The van der Waals surface area contributed by atoms with E-state index < -0.39 is 0 Å². The first-order valence-electron chi connectivity index (χ1n) is 6.30. The summed E-state index contributed by atoms with van der Waals surface area (Å²) in [7, 11) is 0. The van der Waals surface area contributed by atoms with E-state index in [4.69, 9.17) is 10.5 Å². The lowest BCUT2D eigenvalue weighted by molar-refractivity contribution is 0.0719. The van der Waals surface area contributed by atoms with E-state index in [1.54, 1.807) is 0 Å². The average Bonchev–Trinajstić information content (AvgIpc) is 2.33. The van der Waals surface area contributed by atoms with Crippen LogP contribution in [0.4, 0.5) is 0 Å². The second kappa shape index (κ2) is 5.63. The minimum atomic E-state index is 0.0918. The molecule has 2 unspecified atom stereocenters. The van der Waals surface area contributed by atoms with E-state index in [0.717, 1.165) is 26.2 Å². The van der Waals surface area contributed by atoms with E-state index in [2.05, 4.69) is 37.4 Å². The molecular formula is C14H22N2O. The van der Waals surface area contributed by atoms with Crippen LogP contribution < -0.4 is 11.1 Å². The molecule has 0 bridgehead atoms. The second-order valence-corrected chi connectivity index (χ2v) is 4.93. The molecule has 1 aliphatic rings. The van der Waals surface area contributed by atoms with Crippen LogP contribution in [0.25, 0.3) is 0 Å². The molecule has 1 aromatic carbocycles. The highest BCUT2D eigenvalue weighted by Gasteiger charge is 2.18. The average molecular weight is 234 g/mol. The van der Waals surface area contributed by atoms with Gasteiger partial charge in [0, 0.05) is 18.6 Å². The minimum Gasteiger partial charge on any atom is -0.379 e. The number of nitrogens with two attached hydrogens (primary N) is 1. The summed E-state index contributed by atoms with van der Waals surface area (Å²) in [5.74, 6) is 0. The van der Waals surface area contributed by atoms with Gasteiger partial charge in [0.05, 0.1) is 13.2 Å². The second-order valence-electron chi connectivity index (χ2n) is 4.93. The maximum atomic E-state index is 6.30. The van der Waals surface area contributed by atoms with E-state index in [0.29, 0.717) is 6.04 Å². The summed E-state index contributed by atoms with van der Waals surface area (Å²) in [6.45, 7) is 6.76. The smallest absolute Gasteiger partial charge is 0.0620 e. The summed E-state index contributed by atoms with van der Waals surface area (Å²) in [5.41, 5.74) is 10.1. The van der Waals surface area contributed by atoms with Gasteiger partial charge in [-0.2, -0.15) is 0 Å². The van der Waals surface area contributed by atoms with Gasteiger partial charge in [0.2, 0.25) is 0 Å². The van der Waals surface area contributed by atoms with Crippen molar-refractivity contribution in [2.75, 3.05) is 19.8 Å². The molecule has 0 aliphatic carbocycles. The Hall–Kier alpha value is -0.900. The molecule has 3 heteroatoms. The van der Waals surface area contributed by atoms with Gasteiger partial charge in [-0.15, -0.1) is 0 Å². The zero-order valence-electron chi connectivity index (χ0n) is 10.7. The van der Waals surface area contributed by atoms with Gasteiger partial charge in [-0.25, -0.2) is 0 Å². The lowest BCUT2D eigenvalue weighted by Crippen LogP contribution is -2.42. The highest BCUT2D eigenvalue weighted by Crippen LogP contribution is 2.21. The van der Waals surface area contributed by atoms with E-state index >= 15 is 0 Å². The summed E-state index contributed by atoms with van der Waals surface area (Å²) in [5, 5.41) is 3.45. The number of nitrogens with one attached hydrogen (secondary N) is 1. The van der Waals surface area contributed by atoms with Crippen molar-refractivity contribution in [3.05, 3.63) is 34.9 Å². The van der Waals surface area contributed by atoms with Crippen molar-refractivity contribution in [1.82, 2.24) is 5.32 Å². The van der Waals surface area contributed by atoms with Crippen LogP contribution in [0.2, 0.25) is 0 Å². The van der Waals surface area contributed by atoms with Gasteiger partial charge < -0.3 is 15.8 Å². The molecule has 1 aliphatic heterocycles. The Balaban J connectivity index is 2.02. The zero-order chi connectivity index (χ0) is 12.3. The topological polar surface area (TPSA) is 47.3 Å². The third-order valence-corrected chi connectivity index (χ3v) is 3.37. The number of morpholine rings is 1. The van der Waals surface area contributed by atoms with Gasteiger partial charge in [-0.1, -0.05) is 23.8 Å². The fourth-order valence-electron chi connectivity index (χ4n) is 2.36. The molecule has 0 spiro atoms. The fraction of sp³-hybridized carbons (Fsp3) is 0.571. The molecule has 0 aromatic heterocycles. The number of aryl methyl sites for hydroxylation is 2. The van der Waals surface area contributed by atoms with Crippen LogP contribution in [-0.2, 0) is 4.74 Å². The van der Waals surface area contributed by atoms with E-state index in [-0.39, 0.29) is 6.04 Å². The van der Waals surface area contributed by atoms with Gasteiger partial charge in [-0.3, -0.25) is 0 Å². The monoisotopic (exact) mass is 234 g/mol. The van der Waals surface area contributed by atoms with Gasteiger partial charge >= 0.3 is 0 Å². The molecule has 94 valence electrons. The third kappa shape index (κ3) is 3.28. The van der Waals surface area contributed by atoms with Crippen LogP contribution in [0.15, 0.2) is 18.2 Å². The lowest BCUT2D eigenvalue weighted by atomic mass is 9.95. The first-order valence-corrected chi connectivity index (χ1v) is 6.30. The van der Waals surface area contributed by atoms with Crippen LogP contribution in [0.3, 0.4) is 0 Å². The number of hydrogen-bond acceptors (Lipinski definition) is 3. The molecule has 0 saturated carbocycles. The third-order valence-electron chi connectivity index (χ3n) is 3.37. The predicted molar refractivity (Wildman–Crippen MR) is 70.1 cm³/mol. The van der Waals surface area contributed by atoms with Crippen LogP contribution in [0.5, 0.6) is 0 Å². The molecule has 2 atom stereocenters. The first kappa shape index (κ1) is 12.6. The molecule has 1 heterocycles. The Bertz CT molecular complexity index is 372. The van der Waals surface area contributed by atoms with E-state index in [1.807, 2.05) is 0 Å². The maximum Gasteiger partial charge on any atom is 0.0620 e. The van der Waals surface area contributed by atoms with Crippen LogP contribution in [-0.4, -0.2) is 25.8 Å². The summed E-state index contributed by atoms with van der Waals surface area (Å²) in [6, 6.07) is 6.96. The van der Waals surface area contributed by atoms with Gasteiger partial charge in [0.1, 0.15) is 0 Å². The Kier molecular flexibility index (Phi) is 4.15. The van der Waals surface area contributed by atoms with Crippen molar-refractivity contribution >= 4 is 0 Å². The Morgan fingerprint density at radius 2 is 2.29 bits per heavy atom. The first-order chi connectivity index (χ1) is 8.16. The largest absolute Gasteiger partial charge is 0.379 e. The Morgan fingerprint density at radius 3 is 3.00 bits per heavy atom. The summed E-state index contributed by atoms with van der Waals surface area (Å²) >= 11 is 0. The maximum absolute atomic E-state index is 6.30. The molecule has 3 nitrogen and oxygen atoms in total. The van der Waals surface area contributed by atoms with Crippen LogP contribution >= 0.6 is 0 Å². The van der Waals surface area contributed by atoms with Crippen LogP contribution in [0, 0.1) is 13.8 Å². The fourth-order valence-corrected chi connectivity index (χ4v) is 2.36. The Labute approximate surface area is 103 Å². The summed E-state index contributed by atoms with van der Waals surface area (Å²) < 4.78 is 5.45. The van der Waals surface area contributed by atoms with Crippen molar-refractivity contribution in [3.8, 4) is 0 Å². The SMILES string of the molecule is Cc1ccc(C)c(C(N)CC2COCCN2)c1. The Morgan fingerprint density at radius 1 is 1.47 bits per heavy atom. The normalized spacial score (nSPS) is 22.4. The molecule has 17 heavy (non-hydrogen) atoms. The van der Waals surface area contributed by atoms with Gasteiger partial charge in [0.25, 0.3) is 0 Å². The van der Waals surface area contributed by atoms with Crippen molar-refractivity contribution in [3.63, 3.8) is 0 Å². The van der Waals surface area contributed by atoms with Crippen molar-refractivity contribution in [2.45, 2.75) is 32.4 Å².